The van der Waals surface area contributed by atoms with Crippen LogP contribution in [0.2, 0.25) is 0 Å². The van der Waals surface area contributed by atoms with Crippen LogP contribution < -0.4 is 11.0 Å². The molecule has 1 amide bonds. The Bertz CT molecular complexity index is 617. The van der Waals surface area contributed by atoms with Crippen molar-refractivity contribution in [1.29, 1.82) is 5.26 Å². The zero-order valence-electron chi connectivity index (χ0n) is 7.50. The summed E-state index contributed by atoms with van der Waals surface area (Å²) in [7, 11) is 0. The highest BCUT2D eigenvalue weighted by Crippen LogP contribution is 2.13. The van der Waals surface area contributed by atoms with E-state index in [9.17, 15) is 9.59 Å². The number of hydrogen-bond acceptors (Lipinski definition) is 3. The minimum Gasteiger partial charge on any atom is -0.313 e. The van der Waals surface area contributed by atoms with Gasteiger partial charge in [0.2, 0.25) is 0 Å². The molecule has 0 radical (unpaired) electrons. The minimum absolute atomic E-state index is 0.311. The molecule has 6 nitrogen and oxygen atoms in total. The second-order valence-electron chi connectivity index (χ2n) is 2.91. The van der Waals surface area contributed by atoms with E-state index in [0.29, 0.717) is 16.7 Å². The minimum atomic E-state index is -0.743. The fourth-order valence-corrected chi connectivity index (χ4v) is 1.27. The summed E-state index contributed by atoms with van der Waals surface area (Å²) in [4.78, 5) is 26.8. The topological polar surface area (TPSA) is 102 Å². The number of hydrogen-bond donors (Lipinski definition) is 3. The van der Waals surface area contributed by atoms with E-state index in [1.165, 1.54) is 6.07 Å². The van der Waals surface area contributed by atoms with Crippen LogP contribution in [0.5, 0.6) is 0 Å². The largest absolute Gasteiger partial charge is 0.326 e. The average Bonchev–Trinajstić information content (AvgIpc) is 2.57. The lowest BCUT2D eigenvalue weighted by molar-refractivity contribution is -0.111. The molecule has 1 heterocycles. The van der Waals surface area contributed by atoms with Crippen molar-refractivity contribution in [3.8, 4) is 6.07 Å². The molecule has 15 heavy (non-hydrogen) atoms. The zero-order valence-corrected chi connectivity index (χ0v) is 7.50. The van der Waals surface area contributed by atoms with Crippen molar-refractivity contribution >= 4 is 22.6 Å². The van der Waals surface area contributed by atoms with Crippen molar-refractivity contribution < 1.29 is 4.79 Å². The molecule has 0 aliphatic heterocycles. The van der Waals surface area contributed by atoms with Crippen LogP contribution in [0.1, 0.15) is 0 Å². The maximum Gasteiger partial charge on any atom is 0.326 e. The number of carbonyl (C=O) groups excluding carboxylic acids is 1. The summed E-state index contributed by atoms with van der Waals surface area (Å²) in [6.07, 6.45) is 0. The Morgan fingerprint density at radius 3 is 2.80 bits per heavy atom. The molecule has 0 spiro atoms. The van der Waals surface area contributed by atoms with Crippen LogP contribution in [0.4, 0.5) is 5.69 Å². The average molecular weight is 202 g/mol. The van der Waals surface area contributed by atoms with Crippen molar-refractivity contribution in [3.63, 3.8) is 0 Å². The standard InChI is InChI=1S/C9H6N4O2/c10-4-8(14)11-5-1-2-6-7(3-5)13-9(15)12-6/h1-3H,(H,11,14)(H2,12,13,15). The summed E-state index contributed by atoms with van der Waals surface area (Å²) >= 11 is 0. The summed E-state index contributed by atoms with van der Waals surface area (Å²) < 4.78 is 0. The molecule has 0 saturated carbocycles. The molecule has 3 N–H and O–H groups in total. The number of nitrogens with one attached hydrogen (secondary N) is 3. The second kappa shape index (κ2) is 3.31. The van der Waals surface area contributed by atoms with Crippen LogP contribution in [0, 0.1) is 11.3 Å². The van der Waals surface area contributed by atoms with Gasteiger partial charge in [-0.15, -0.1) is 0 Å². The van der Waals surface area contributed by atoms with Gasteiger partial charge in [0.05, 0.1) is 11.0 Å². The summed E-state index contributed by atoms with van der Waals surface area (Å²) in [5.41, 5.74) is 1.38. The molecule has 2 rings (SSSR count). The highest BCUT2D eigenvalue weighted by atomic mass is 16.1. The van der Waals surface area contributed by atoms with E-state index in [0.717, 1.165) is 0 Å². The zero-order chi connectivity index (χ0) is 10.8. The van der Waals surface area contributed by atoms with Gasteiger partial charge in [0.15, 0.2) is 6.07 Å². The number of benzene rings is 1. The van der Waals surface area contributed by atoms with Crippen LogP contribution in [0.15, 0.2) is 23.0 Å². The maximum atomic E-state index is 10.9. The Labute approximate surface area is 83.5 Å². The predicted molar refractivity (Wildman–Crippen MR) is 53.2 cm³/mol. The Kier molecular flexibility index (Phi) is 1.99. The number of carbonyl (C=O) groups is 1. The van der Waals surface area contributed by atoms with Crippen molar-refractivity contribution in [3.05, 3.63) is 28.7 Å². The van der Waals surface area contributed by atoms with Crippen LogP contribution in [0.25, 0.3) is 11.0 Å². The molecular weight excluding hydrogens is 196 g/mol. The van der Waals surface area contributed by atoms with Gasteiger partial charge in [-0.25, -0.2) is 4.79 Å². The Balaban J connectivity index is 2.43. The summed E-state index contributed by atoms with van der Waals surface area (Å²) in [5.74, 6) is -0.743. The number of aromatic nitrogens is 2. The van der Waals surface area contributed by atoms with E-state index in [-0.39, 0.29) is 5.69 Å². The van der Waals surface area contributed by atoms with Gasteiger partial charge in [-0.2, -0.15) is 5.26 Å². The Morgan fingerprint density at radius 1 is 1.33 bits per heavy atom. The Hall–Kier alpha value is -2.55. The second-order valence-corrected chi connectivity index (χ2v) is 2.91. The third kappa shape index (κ3) is 1.71. The van der Waals surface area contributed by atoms with Crippen LogP contribution in [-0.2, 0) is 4.79 Å². The van der Waals surface area contributed by atoms with E-state index >= 15 is 0 Å². The van der Waals surface area contributed by atoms with Crippen LogP contribution >= 0.6 is 0 Å². The normalized spacial score (nSPS) is 9.80. The van der Waals surface area contributed by atoms with E-state index in [1.54, 1.807) is 18.2 Å². The van der Waals surface area contributed by atoms with E-state index in [4.69, 9.17) is 5.26 Å². The number of nitrogens with zero attached hydrogens (tertiary/aromatic N) is 1. The first kappa shape index (κ1) is 9.02. The molecular formula is C9H6N4O2. The van der Waals surface area contributed by atoms with Gasteiger partial charge in [-0.05, 0) is 18.2 Å². The lowest BCUT2D eigenvalue weighted by Gasteiger charge is -1.98. The molecule has 1 aromatic heterocycles. The third-order valence-corrected chi connectivity index (χ3v) is 1.88. The highest BCUT2D eigenvalue weighted by Gasteiger charge is 2.02. The third-order valence-electron chi connectivity index (χ3n) is 1.88. The fourth-order valence-electron chi connectivity index (χ4n) is 1.27. The summed E-state index contributed by atoms with van der Waals surface area (Å²) in [5, 5.41) is 10.6. The van der Waals surface area contributed by atoms with Crippen LogP contribution in [0.3, 0.4) is 0 Å². The summed E-state index contributed by atoms with van der Waals surface area (Å²) in [6, 6.07) is 6.25. The number of rotatable bonds is 1. The SMILES string of the molecule is N#CC(=O)Nc1ccc2[nH]c(=O)[nH]c2c1. The maximum absolute atomic E-state index is 10.9. The molecule has 0 aliphatic carbocycles. The van der Waals surface area contributed by atoms with Gasteiger partial charge in [-0.3, -0.25) is 4.79 Å². The number of imidazole rings is 1. The van der Waals surface area contributed by atoms with Gasteiger partial charge in [0.1, 0.15) is 0 Å². The molecule has 0 saturated heterocycles. The van der Waals surface area contributed by atoms with Crippen molar-refractivity contribution in [2.24, 2.45) is 0 Å². The predicted octanol–water partition coefficient (Wildman–Crippen LogP) is 0.318. The molecule has 0 bridgehead atoms. The first-order valence-electron chi connectivity index (χ1n) is 4.12. The first-order valence-corrected chi connectivity index (χ1v) is 4.12. The number of fused-ring (bicyclic) bond motifs is 1. The van der Waals surface area contributed by atoms with Gasteiger partial charge in [-0.1, -0.05) is 0 Å². The number of amides is 1. The molecule has 0 atom stereocenters. The first-order chi connectivity index (χ1) is 7.19. The Morgan fingerprint density at radius 2 is 2.07 bits per heavy atom. The van der Waals surface area contributed by atoms with Crippen molar-refractivity contribution in [2.75, 3.05) is 5.32 Å². The molecule has 0 unspecified atom stereocenters. The highest BCUT2D eigenvalue weighted by molar-refractivity contribution is 6.03. The van der Waals surface area contributed by atoms with Gasteiger partial charge < -0.3 is 15.3 Å². The molecule has 1 aromatic carbocycles. The summed E-state index contributed by atoms with van der Waals surface area (Å²) in [6.45, 7) is 0. The molecule has 0 aliphatic rings. The van der Waals surface area contributed by atoms with E-state index in [1.807, 2.05) is 0 Å². The molecule has 74 valence electrons. The monoisotopic (exact) mass is 202 g/mol. The van der Waals surface area contributed by atoms with E-state index in [2.05, 4.69) is 15.3 Å². The van der Waals surface area contributed by atoms with Crippen molar-refractivity contribution in [1.82, 2.24) is 9.97 Å². The van der Waals surface area contributed by atoms with E-state index < -0.39 is 5.91 Å². The smallest absolute Gasteiger partial charge is 0.313 e. The number of anilines is 1. The number of aromatic amines is 2. The molecule has 2 aromatic rings. The quantitative estimate of drug-likeness (QED) is 0.580. The van der Waals surface area contributed by atoms with Gasteiger partial charge in [0.25, 0.3) is 0 Å². The van der Waals surface area contributed by atoms with Crippen LogP contribution in [-0.4, -0.2) is 15.9 Å². The van der Waals surface area contributed by atoms with Crippen molar-refractivity contribution in [2.45, 2.75) is 0 Å². The lowest BCUT2D eigenvalue weighted by atomic mass is 10.3. The van der Waals surface area contributed by atoms with Gasteiger partial charge in [0, 0.05) is 5.69 Å². The van der Waals surface area contributed by atoms with Gasteiger partial charge >= 0.3 is 11.6 Å². The number of H-pyrrole nitrogens is 2. The lowest BCUT2D eigenvalue weighted by Crippen LogP contribution is -2.07. The fraction of sp³-hybridized carbons (Fsp3) is 0. The number of nitriles is 1. The molecule has 0 fully saturated rings. The molecule has 6 heteroatoms.